The minimum atomic E-state index is 0.945. The topological polar surface area (TPSA) is 27.0 Å². The smallest absolute Gasteiger partial charge is 0.102 e. The Bertz CT molecular complexity index is 790. The van der Waals surface area contributed by atoms with Crippen LogP contribution in [0.4, 0.5) is 5.69 Å². The first-order chi connectivity index (χ1) is 11.8. The summed E-state index contributed by atoms with van der Waals surface area (Å²) in [6.45, 7) is 4.30. The molecule has 0 saturated carbocycles. The number of nitriles is 1. The van der Waals surface area contributed by atoms with E-state index in [9.17, 15) is 5.26 Å². The van der Waals surface area contributed by atoms with Crippen LogP contribution >= 0.6 is 0 Å². The van der Waals surface area contributed by atoms with Crippen molar-refractivity contribution in [1.29, 1.82) is 5.26 Å². The average molecular weight is 316 g/mol. The number of fused-ring (bicyclic) bond motifs is 1. The molecule has 2 aromatic rings. The highest BCUT2D eigenvalue weighted by molar-refractivity contribution is 5.79. The van der Waals surface area contributed by atoms with Gasteiger partial charge in [-0.25, -0.2) is 0 Å². The third kappa shape index (κ3) is 2.59. The lowest BCUT2D eigenvalue weighted by Gasteiger charge is -2.31. The van der Waals surface area contributed by atoms with Gasteiger partial charge in [-0.05, 0) is 73.8 Å². The van der Waals surface area contributed by atoms with E-state index in [1.54, 1.807) is 0 Å². The zero-order valence-corrected chi connectivity index (χ0v) is 14.4. The van der Waals surface area contributed by atoms with Crippen LogP contribution in [0.25, 0.3) is 11.1 Å². The summed E-state index contributed by atoms with van der Waals surface area (Å²) in [6.07, 6.45) is 7.12. The summed E-state index contributed by atoms with van der Waals surface area (Å²) in [4.78, 5) is 2.44. The predicted octanol–water partition coefficient (Wildman–Crippen LogP) is 5.01. The Labute approximate surface area is 144 Å². The van der Waals surface area contributed by atoms with Gasteiger partial charge in [0.15, 0.2) is 0 Å². The molecule has 1 fully saturated rings. The number of anilines is 1. The van der Waals surface area contributed by atoms with Crippen molar-refractivity contribution in [3.05, 3.63) is 52.6 Å². The minimum absolute atomic E-state index is 0.945. The molecule has 1 aliphatic carbocycles. The Morgan fingerprint density at radius 2 is 1.62 bits per heavy atom. The minimum Gasteiger partial charge on any atom is -0.370 e. The van der Waals surface area contributed by atoms with Gasteiger partial charge in [-0.3, -0.25) is 0 Å². The normalized spacial score (nSPS) is 16.8. The molecule has 1 heterocycles. The Morgan fingerprint density at radius 1 is 0.917 bits per heavy atom. The molecule has 1 saturated heterocycles. The summed E-state index contributed by atoms with van der Waals surface area (Å²) in [6, 6.07) is 13.7. The lowest BCUT2D eigenvalue weighted by Crippen LogP contribution is -2.30. The fourth-order valence-corrected chi connectivity index (χ4v) is 4.27. The molecule has 2 aliphatic rings. The van der Waals surface area contributed by atoms with Gasteiger partial charge in [0.1, 0.15) is 6.07 Å². The average Bonchev–Trinajstić information content (AvgIpc) is 3.11. The molecule has 0 N–H and O–H groups in total. The van der Waals surface area contributed by atoms with Crippen molar-refractivity contribution in [1.82, 2.24) is 0 Å². The number of rotatable bonds is 2. The monoisotopic (exact) mass is 316 g/mol. The molecule has 24 heavy (non-hydrogen) atoms. The lowest BCUT2D eigenvalue weighted by molar-refractivity contribution is 0.577. The largest absolute Gasteiger partial charge is 0.370 e. The van der Waals surface area contributed by atoms with Gasteiger partial charge in [0.25, 0.3) is 0 Å². The van der Waals surface area contributed by atoms with Crippen molar-refractivity contribution in [2.45, 2.75) is 45.4 Å². The maximum absolute atomic E-state index is 9.83. The number of hydrogen-bond donors (Lipinski definition) is 0. The van der Waals surface area contributed by atoms with E-state index in [1.807, 2.05) is 0 Å². The van der Waals surface area contributed by atoms with Gasteiger partial charge in [-0.1, -0.05) is 29.8 Å². The fourth-order valence-electron chi connectivity index (χ4n) is 4.27. The van der Waals surface area contributed by atoms with E-state index >= 15 is 0 Å². The molecule has 0 unspecified atom stereocenters. The lowest BCUT2D eigenvalue weighted by atomic mass is 9.91. The van der Waals surface area contributed by atoms with Gasteiger partial charge in [-0.15, -0.1) is 0 Å². The van der Waals surface area contributed by atoms with Crippen molar-refractivity contribution in [2.24, 2.45) is 0 Å². The van der Waals surface area contributed by atoms with Crippen LogP contribution in [-0.2, 0) is 12.8 Å². The molecule has 2 aromatic carbocycles. The first-order valence-electron chi connectivity index (χ1n) is 9.19. The maximum Gasteiger partial charge on any atom is 0.102 e. The molecule has 0 radical (unpaired) electrons. The van der Waals surface area contributed by atoms with Gasteiger partial charge in [0, 0.05) is 13.1 Å². The van der Waals surface area contributed by atoms with Crippen molar-refractivity contribution >= 4 is 5.69 Å². The van der Waals surface area contributed by atoms with Gasteiger partial charge in [-0.2, -0.15) is 5.26 Å². The zero-order valence-electron chi connectivity index (χ0n) is 14.4. The van der Waals surface area contributed by atoms with Crippen LogP contribution in [0.1, 0.15) is 47.9 Å². The van der Waals surface area contributed by atoms with E-state index < -0.39 is 0 Å². The Morgan fingerprint density at radius 3 is 2.33 bits per heavy atom. The van der Waals surface area contributed by atoms with E-state index in [4.69, 9.17) is 0 Å². The SMILES string of the molecule is Cc1ccc(-c2cc(N3CCCCC3)c(C#N)c3c2CCC3)cc1. The predicted molar refractivity (Wildman–Crippen MR) is 99.4 cm³/mol. The van der Waals surface area contributed by atoms with Crippen LogP contribution < -0.4 is 4.90 Å². The van der Waals surface area contributed by atoms with Crippen LogP contribution in [0, 0.1) is 18.3 Å². The van der Waals surface area contributed by atoms with Crippen molar-refractivity contribution < 1.29 is 0 Å². The summed E-state index contributed by atoms with van der Waals surface area (Å²) in [7, 11) is 0. The molecule has 0 bridgehead atoms. The highest BCUT2D eigenvalue weighted by atomic mass is 15.1. The molecule has 0 atom stereocenters. The van der Waals surface area contributed by atoms with E-state index in [-0.39, 0.29) is 0 Å². The highest BCUT2D eigenvalue weighted by Crippen LogP contribution is 2.40. The van der Waals surface area contributed by atoms with Gasteiger partial charge >= 0.3 is 0 Å². The van der Waals surface area contributed by atoms with E-state index in [2.05, 4.69) is 48.2 Å². The second-order valence-corrected chi connectivity index (χ2v) is 7.15. The third-order valence-corrected chi connectivity index (χ3v) is 5.55. The molecular weight excluding hydrogens is 292 g/mol. The molecule has 0 aromatic heterocycles. The van der Waals surface area contributed by atoms with Gasteiger partial charge < -0.3 is 4.90 Å². The van der Waals surface area contributed by atoms with E-state index in [1.165, 1.54) is 59.2 Å². The molecule has 4 rings (SSSR count). The second kappa shape index (κ2) is 6.32. The highest BCUT2D eigenvalue weighted by Gasteiger charge is 2.25. The first-order valence-corrected chi connectivity index (χ1v) is 9.19. The molecule has 122 valence electrons. The van der Waals surface area contributed by atoms with Crippen LogP contribution in [0.5, 0.6) is 0 Å². The van der Waals surface area contributed by atoms with Crippen LogP contribution in [0.3, 0.4) is 0 Å². The summed E-state index contributed by atoms with van der Waals surface area (Å²) >= 11 is 0. The first kappa shape index (κ1) is 15.3. The summed E-state index contributed by atoms with van der Waals surface area (Å²) in [5, 5.41) is 9.83. The molecule has 1 aliphatic heterocycles. The van der Waals surface area contributed by atoms with E-state index in [0.29, 0.717) is 0 Å². The quantitative estimate of drug-likeness (QED) is 0.778. The molecule has 0 spiro atoms. The van der Waals surface area contributed by atoms with Crippen LogP contribution in [-0.4, -0.2) is 13.1 Å². The van der Waals surface area contributed by atoms with Crippen LogP contribution in [0.15, 0.2) is 30.3 Å². The Hall–Kier alpha value is -2.27. The van der Waals surface area contributed by atoms with Crippen molar-refractivity contribution in [3.8, 4) is 17.2 Å². The van der Waals surface area contributed by atoms with Gasteiger partial charge in [0.05, 0.1) is 11.3 Å². The maximum atomic E-state index is 9.83. The summed E-state index contributed by atoms with van der Waals surface area (Å²) in [5.41, 5.74) is 8.78. The van der Waals surface area contributed by atoms with Gasteiger partial charge in [0.2, 0.25) is 0 Å². The Balaban J connectivity index is 1.89. The van der Waals surface area contributed by atoms with Crippen LogP contribution in [0.2, 0.25) is 0 Å². The number of benzene rings is 2. The zero-order chi connectivity index (χ0) is 16.5. The molecule has 0 amide bonds. The van der Waals surface area contributed by atoms with Crippen molar-refractivity contribution in [3.63, 3.8) is 0 Å². The molecular formula is C22H24N2. The number of hydrogen-bond acceptors (Lipinski definition) is 2. The summed E-state index contributed by atoms with van der Waals surface area (Å²) < 4.78 is 0. The second-order valence-electron chi connectivity index (χ2n) is 7.15. The van der Waals surface area contributed by atoms with E-state index in [0.717, 1.165) is 31.5 Å². The van der Waals surface area contributed by atoms with Crippen molar-refractivity contribution in [2.75, 3.05) is 18.0 Å². The number of aryl methyl sites for hydroxylation is 1. The third-order valence-electron chi connectivity index (χ3n) is 5.55. The standard InChI is InChI=1S/C22H24N2/c1-16-8-10-17(11-9-16)20-14-22(24-12-3-2-4-13-24)21(15-23)19-7-5-6-18(19)20/h8-11,14H,2-7,12-13H2,1H3. The fraction of sp³-hybridized carbons (Fsp3) is 0.409. The number of nitrogens with zero attached hydrogens (tertiary/aromatic N) is 2. The Kier molecular flexibility index (Phi) is 4.02. The number of piperidine rings is 1. The summed E-state index contributed by atoms with van der Waals surface area (Å²) in [5.74, 6) is 0. The molecule has 2 nitrogen and oxygen atoms in total. The molecule has 2 heteroatoms.